The molecule has 0 aliphatic carbocycles. The molecule has 162 valence electrons. The molecular formula is C26H23ClN2O3. The highest BCUT2D eigenvalue weighted by atomic mass is 35.5. The summed E-state index contributed by atoms with van der Waals surface area (Å²) in [5.41, 5.74) is 5.32. The molecule has 5 nitrogen and oxygen atoms in total. The molecular weight excluding hydrogens is 424 g/mol. The largest absolute Gasteiger partial charge is 0.486 e. The molecule has 0 aromatic heterocycles. The van der Waals surface area contributed by atoms with Crippen LogP contribution in [0.5, 0.6) is 0 Å². The Kier molecular flexibility index (Phi) is 6.28. The molecule has 0 saturated heterocycles. The van der Waals surface area contributed by atoms with Crippen LogP contribution in [0.25, 0.3) is 16.9 Å². The number of ether oxygens (including phenoxy) is 1. The molecule has 0 saturated carbocycles. The molecule has 6 heteroatoms. The molecule has 0 spiro atoms. The summed E-state index contributed by atoms with van der Waals surface area (Å²) in [4.78, 5) is 12.3. The average Bonchev–Trinajstić information content (AvgIpc) is 2.77. The molecule has 4 rings (SSSR count). The highest BCUT2D eigenvalue weighted by Gasteiger charge is 2.32. The quantitative estimate of drug-likeness (QED) is 0.458. The van der Waals surface area contributed by atoms with Gasteiger partial charge in [-0.15, -0.1) is 0 Å². The van der Waals surface area contributed by atoms with Crippen LogP contribution in [-0.2, 0) is 22.7 Å². The van der Waals surface area contributed by atoms with E-state index < -0.39 is 5.97 Å². The van der Waals surface area contributed by atoms with Crippen LogP contribution in [0.4, 0.5) is 0 Å². The van der Waals surface area contributed by atoms with Gasteiger partial charge < -0.3 is 9.84 Å². The number of hydrogen-bond donors (Lipinski definition) is 1. The van der Waals surface area contributed by atoms with E-state index in [4.69, 9.17) is 16.3 Å². The van der Waals surface area contributed by atoms with Crippen LogP contribution in [0.3, 0.4) is 0 Å². The second-order valence-corrected chi connectivity index (χ2v) is 8.14. The summed E-state index contributed by atoms with van der Waals surface area (Å²) in [5.74, 6) is -0.784. The summed E-state index contributed by atoms with van der Waals surface area (Å²) in [5, 5.41) is 16.7. The van der Waals surface area contributed by atoms with E-state index in [2.05, 4.69) is 5.10 Å². The van der Waals surface area contributed by atoms with Gasteiger partial charge in [0, 0.05) is 16.3 Å². The molecule has 0 unspecified atom stereocenters. The van der Waals surface area contributed by atoms with E-state index in [-0.39, 0.29) is 12.3 Å². The zero-order chi connectivity index (χ0) is 22.7. The third-order valence-electron chi connectivity index (χ3n) is 5.09. The number of hydrogen-bond acceptors (Lipinski definition) is 4. The van der Waals surface area contributed by atoms with Gasteiger partial charge in [-0.1, -0.05) is 72.3 Å². The Labute approximate surface area is 192 Å². The number of halogens is 1. The first-order valence-electron chi connectivity index (χ1n) is 10.3. The van der Waals surface area contributed by atoms with Crippen molar-refractivity contribution in [2.75, 3.05) is 0 Å². The van der Waals surface area contributed by atoms with Gasteiger partial charge in [0.15, 0.2) is 11.5 Å². The van der Waals surface area contributed by atoms with Crippen LogP contribution in [0.15, 0.2) is 83.6 Å². The lowest BCUT2D eigenvalue weighted by Crippen LogP contribution is -2.30. The Morgan fingerprint density at radius 3 is 2.44 bits per heavy atom. The van der Waals surface area contributed by atoms with Gasteiger partial charge in [-0.2, -0.15) is 5.10 Å². The second kappa shape index (κ2) is 9.28. The third kappa shape index (κ3) is 4.53. The first-order chi connectivity index (χ1) is 15.4. The number of benzene rings is 3. The predicted molar refractivity (Wildman–Crippen MR) is 127 cm³/mol. The summed E-state index contributed by atoms with van der Waals surface area (Å²) >= 11 is 6.24. The lowest BCUT2D eigenvalue weighted by atomic mass is 9.91. The minimum absolute atomic E-state index is 0.0258. The van der Waals surface area contributed by atoms with E-state index in [1.54, 1.807) is 0 Å². The molecule has 0 bridgehead atoms. The van der Waals surface area contributed by atoms with Gasteiger partial charge in [0.25, 0.3) is 0 Å². The van der Waals surface area contributed by atoms with Gasteiger partial charge in [-0.05, 0) is 48.2 Å². The predicted octanol–water partition coefficient (Wildman–Crippen LogP) is 6.19. The molecule has 0 amide bonds. The minimum Gasteiger partial charge on any atom is -0.486 e. The van der Waals surface area contributed by atoms with Crippen molar-refractivity contribution >= 4 is 29.0 Å². The van der Waals surface area contributed by atoms with E-state index in [9.17, 15) is 9.90 Å². The van der Waals surface area contributed by atoms with Crippen molar-refractivity contribution in [2.45, 2.75) is 27.0 Å². The summed E-state index contributed by atoms with van der Waals surface area (Å²) in [6.45, 7) is 4.23. The molecule has 0 fully saturated rings. The van der Waals surface area contributed by atoms with Crippen LogP contribution in [0.1, 0.15) is 30.5 Å². The topological polar surface area (TPSA) is 62.1 Å². The van der Waals surface area contributed by atoms with Crippen molar-refractivity contribution in [3.63, 3.8) is 0 Å². The molecule has 3 aromatic rings. The summed E-state index contributed by atoms with van der Waals surface area (Å²) < 4.78 is 6.16. The van der Waals surface area contributed by atoms with Crippen molar-refractivity contribution in [3.05, 3.63) is 100 Å². The van der Waals surface area contributed by atoms with Crippen molar-refractivity contribution in [1.29, 1.82) is 0 Å². The number of rotatable bonds is 6. The third-order valence-corrected chi connectivity index (χ3v) is 5.32. The Hall–Kier alpha value is -3.57. The fraction of sp³-hybridized carbons (Fsp3) is 0.154. The SMILES string of the molecule is CC(C)=NN1Cc2c(cccc2-c2cccc(Cl)c2)C(OCc2ccccc2)=C1C(=O)O. The highest BCUT2D eigenvalue weighted by molar-refractivity contribution is 6.30. The lowest BCUT2D eigenvalue weighted by molar-refractivity contribution is -0.134. The zero-order valence-corrected chi connectivity index (χ0v) is 18.6. The second-order valence-electron chi connectivity index (χ2n) is 7.70. The summed E-state index contributed by atoms with van der Waals surface area (Å²) in [6.07, 6.45) is 0. The number of hydrazone groups is 1. The summed E-state index contributed by atoms with van der Waals surface area (Å²) in [6, 6.07) is 23.1. The number of carboxylic acid groups (broad SMARTS) is 1. The van der Waals surface area contributed by atoms with Crippen molar-refractivity contribution in [2.24, 2.45) is 5.10 Å². The van der Waals surface area contributed by atoms with Gasteiger partial charge >= 0.3 is 5.97 Å². The molecule has 3 aromatic carbocycles. The monoisotopic (exact) mass is 446 g/mol. The fourth-order valence-electron chi connectivity index (χ4n) is 3.78. The van der Waals surface area contributed by atoms with Crippen LogP contribution in [-0.4, -0.2) is 21.8 Å². The zero-order valence-electron chi connectivity index (χ0n) is 17.9. The van der Waals surface area contributed by atoms with Gasteiger partial charge in [0.1, 0.15) is 6.61 Å². The minimum atomic E-state index is -1.09. The number of aliphatic carboxylic acids is 1. The number of carbonyl (C=O) groups is 1. The van der Waals surface area contributed by atoms with E-state index in [0.717, 1.165) is 33.5 Å². The Morgan fingerprint density at radius 1 is 1.03 bits per heavy atom. The van der Waals surface area contributed by atoms with E-state index in [0.29, 0.717) is 17.3 Å². The van der Waals surface area contributed by atoms with Gasteiger partial charge in [0.2, 0.25) is 0 Å². The Bertz CT molecular complexity index is 1210. The first-order valence-corrected chi connectivity index (χ1v) is 10.6. The van der Waals surface area contributed by atoms with Crippen LogP contribution in [0, 0.1) is 0 Å². The first kappa shape index (κ1) is 21.7. The average molecular weight is 447 g/mol. The molecule has 0 radical (unpaired) electrons. The van der Waals surface area contributed by atoms with Gasteiger partial charge in [-0.3, -0.25) is 5.01 Å². The van der Waals surface area contributed by atoms with Crippen molar-refractivity contribution in [3.8, 4) is 11.1 Å². The molecule has 1 N–H and O–H groups in total. The molecule has 1 aliphatic heterocycles. The molecule has 1 aliphatic rings. The van der Waals surface area contributed by atoms with Gasteiger partial charge in [-0.25, -0.2) is 4.79 Å². The summed E-state index contributed by atoms with van der Waals surface area (Å²) in [7, 11) is 0. The maximum atomic E-state index is 12.3. The van der Waals surface area contributed by atoms with Crippen molar-refractivity contribution in [1.82, 2.24) is 5.01 Å². The number of nitrogens with zero attached hydrogens (tertiary/aromatic N) is 2. The highest BCUT2D eigenvalue weighted by Crippen LogP contribution is 2.39. The van der Waals surface area contributed by atoms with Gasteiger partial charge in [0.05, 0.1) is 6.54 Å². The molecule has 1 heterocycles. The molecule has 32 heavy (non-hydrogen) atoms. The van der Waals surface area contributed by atoms with Crippen molar-refractivity contribution < 1.29 is 14.6 Å². The molecule has 0 atom stereocenters. The maximum Gasteiger partial charge on any atom is 0.358 e. The fourth-order valence-corrected chi connectivity index (χ4v) is 3.97. The van der Waals surface area contributed by atoms with E-state index in [1.807, 2.05) is 86.6 Å². The Morgan fingerprint density at radius 2 is 1.75 bits per heavy atom. The maximum absolute atomic E-state index is 12.3. The van der Waals surface area contributed by atoms with Crippen LogP contribution in [0.2, 0.25) is 5.02 Å². The smallest absolute Gasteiger partial charge is 0.358 e. The van der Waals surface area contributed by atoms with Crippen LogP contribution >= 0.6 is 11.6 Å². The number of fused-ring (bicyclic) bond motifs is 1. The van der Waals surface area contributed by atoms with Crippen LogP contribution < -0.4 is 0 Å². The van der Waals surface area contributed by atoms with E-state index >= 15 is 0 Å². The number of carboxylic acids is 1. The Balaban J connectivity index is 1.88. The van der Waals surface area contributed by atoms with E-state index in [1.165, 1.54) is 5.01 Å². The normalized spacial score (nSPS) is 12.9. The lowest BCUT2D eigenvalue weighted by Gasteiger charge is -2.31. The standard InChI is InChI=1S/C26H23ClN2O3/c1-17(2)28-29-15-23-21(19-10-6-11-20(27)14-19)12-7-13-22(23)25(24(29)26(30)31)32-16-18-8-4-3-5-9-18/h3-14H,15-16H2,1-2H3,(H,30,31).